The van der Waals surface area contributed by atoms with Crippen LogP contribution in [0.2, 0.25) is 5.15 Å². The number of hydrogen-bond donors (Lipinski definition) is 0. The van der Waals surface area contributed by atoms with Crippen molar-refractivity contribution < 1.29 is 0 Å². The number of rotatable bonds is 8. The predicted octanol–water partition coefficient (Wildman–Crippen LogP) is 2.75. The molecule has 0 aliphatic rings. The molecule has 0 saturated heterocycles. The monoisotopic (exact) mass is 276 g/mol. The van der Waals surface area contributed by atoms with Crippen molar-refractivity contribution in [2.45, 2.75) is 27.2 Å². The second kappa shape index (κ2) is 7.84. The van der Waals surface area contributed by atoms with Gasteiger partial charge in [-0.3, -0.25) is 0 Å². The summed E-state index contributed by atoms with van der Waals surface area (Å²) in [6, 6.07) is 0. The highest BCUT2D eigenvalue weighted by atomic mass is 35.5. The van der Waals surface area contributed by atoms with Crippen LogP contribution in [0.25, 0.3) is 0 Å². The summed E-state index contributed by atoms with van der Waals surface area (Å²) in [5, 5.41) is 0.527. The van der Waals surface area contributed by atoms with Gasteiger partial charge in [-0.25, -0.2) is 0 Å². The van der Waals surface area contributed by atoms with Gasteiger partial charge in [0.05, 0.1) is 11.7 Å². The first-order valence-corrected chi connectivity index (χ1v) is 7.29. The maximum Gasteiger partial charge on any atom is 0.187 e. The second-order valence-corrected chi connectivity index (χ2v) is 4.73. The molecule has 0 radical (unpaired) electrons. The summed E-state index contributed by atoms with van der Waals surface area (Å²) in [7, 11) is 0. The van der Waals surface area contributed by atoms with Crippen LogP contribution in [0.1, 0.15) is 27.2 Å². The highest BCUT2D eigenvalue weighted by Crippen LogP contribution is 2.22. The summed E-state index contributed by atoms with van der Waals surface area (Å²) >= 11 is 7.17. The van der Waals surface area contributed by atoms with Crippen LogP contribution in [0.5, 0.6) is 0 Å². The van der Waals surface area contributed by atoms with Crippen molar-refractivity contribution in [2.24, 2.45) is 0 Å². The largest absolute Gasteiger partial charge is 0.353 e. The first-order valence-electron chi connectivity index (χ1n) is 6.18. The zero-order valence-corrected chi connectivity index (χ0v) is 12.4. The summed E-state index contributed by atoms with van der Waals surface area (Å²) < 4.78 is 8.24. The van der Waals surface area contributed by atoms with Crippen molar-refractivity contribution in [3.63, 3.8) is 0 Å². The van der Waals surface area contributed by atoms with Crippen molar-refractivity contribution >= 4 is 29.1 Å². The molecule has 1 aromatic rings. The molecular formula is C11H21ClN4S. The van der Waals surface area contributed by atoms with Crippen LogP contribution in [-0.4, -0.2) is 46.4 Å². The minimum Gasteiger partial charge on any atom is -0.353 e. The van der Waals surface area contributed by atoms with Crippen LogP contribution in [0, 0.1) is 0 Å². The molecular weight excluding hydrogens is 256 g/mol. The van der Waals surface area contributed by atoms with Gasteiger partial charge in [0.2, 0.25) is 0 Å². The molecule has 4 nitrogen and oxygen atoms in total. The fraction of sp³-hybridized carbons (Fsp3) is 0.818. The maximum absolute atomic E-state index is 5.99. The van der Waals surface area contributed by atoms with Gasteiger partial charge in [-0.15, -0.1) is 0 Å². The second-order valence-electron chi connectivity index (χ2n) is 3.84. The van der Waals surface area contributed by atoms with Gasteiger partial charge in [0, 0.05) is 13.1 Å². The Labute approximate surface area is 113 Å². The normalized spacial score (nSPS) is 11.1. The molecule has 1 rings (SSSR count). The van der Waals surface area contributed by atoms with Crippen LogP contribution in [-0.2, 0) is 0 Å². The van der Waals surface area contributed by atoms with Crippen LogP contribution in [0.15, 0.2) is 0 Å². The lowest BCUT2D eigenvalue weighted by atomic mass is 10.3. The third kappa shape index (κ3) is 4.41. The molecule has 0 N–H and O–H groups in total. The minimum absolute atomic E-state index is 0.527. The molecule has 0 bridgehead atoms. The van der Waals surface area contributed by atoms with E-state index in [1.165, 1.54) is 11.7 Å². The van der Waals surface area contributed by atoms with Crippen molar-refractivity contribution in [1.82, 2.24) is 13.6 Å². The van der Waals surface area contributed by atoms with Crippen LogP contribution < -0.4 is 4.90 Å². The molecule has 17 heavy (non-hydrogen) atoms. The van der Waals surface area contributed by atoms with Crippen LogP contribution >= 0.6 is 23.3 Å². The van der Waals surface area contributed by atoms with E-state index in [-0.39, 0.29) is 0 Å². The third-order valence-corrected chi connectivity index (χ3v) is 3.78. The van der Waals surface area contributed by atoms with Crippen molar-refractivity contribution in [3.05, 3.63) is 5.15 Å². The molecule has 0 amide bonds. The number of halogens is 1. The van der Waals surface area contributed by atoms with E-state index in [9.17, 15) is 0 Å². The predicted molar refractivity (Wildman–Crippen MR) is 75.2 cm³/mol. The number of hydrogen-bond acceptors (Lipinski definition) is 5. The van der Waals surface area contributed by atoms with Gasteiger partial charge in [-0.1, -0.05) is 25.4 Å². The summed E-state index contributed by atoms with van der Waals surface area (Å²) in [4.78, 5) is 4.62. The van der Waals surface area contributed by atoms with Crippen molar-refractivity contribution in [1.29, 1.82) is 0 Å². The first kappa shape index (κ1) is 14.7. The molecule has 0 aliphatic carbocycles. The van der Waals surface area contributed by atoms with E-state index < -0.39 is 0 Å². The van der Waals surface area contributed by atoms with E-state index in [1.54, 1.807) is 0 Å². The lowest BCUT2D eigenvalue weighted by molar-refractivity contribution is 0.300. The average molecular weight is 277 g/mol. The van der Waals surface area contributed by atoms with Gasteiger partial charge in [0.25, 0.3) is 0 Å². The van der Waals surface area contributed by atoms with Gasteiger partial charge < -0.3 is 9.80 Å². The van der Waals surface area contributed by atoms with Gasteiger partial charge in [-0.2, -0.15) is 8.75 Å². The Bertz CT molecular complexity index is 314. The Morgan fingerprint density at radius 2 is 1.76 bits per heavy atom. The topological polar surface area (TPSA) is 32.3 Å². The quantitative estimate of drug-likeness (QED) is 0.731. The van der Waals surface area contributed by atoms with E-state index in [0.717, 1.165) is 45.0 Å². The van der Waals surface area contributed by atoms with Gasteiger partial charge in [0.15, 0.2) is 11.0 Å². The fourth-order valence-electron chi connectivity index (χ4n) is 1.80. The highest BCUT2D eigenvalue weighted by Gasteiger charge is 2.12. The van der Waals surface area contributed by atoms with Gasteiger partial charge in [-0.05, 0) is 33.0 Å². The number of nitrogens with zero attached hydrogens (tertiary/aromatic N) is 4. The summed E-state index contributed by atoms with van der Waals surface area (Å²) in [6.45, 7) is 11.8. The molecule has 0 aromatic carbocycles. The van der Waals surface area contributed by atoms with E-state index in [4.69, 9.17) is 11.6 Å². The van der Waals surface area contributed by atoms with E-state index in [0.29, 0.717) is 5.15 Å². The minimum atomic E-state index is 0.527. The Kier molecular flexibility index (Phi) is 6.77. The number of aromatic nitrogens is 2. The Morgan fingerprint density at radius 3 is 2.24 bits per heavy atom. The van der Waals surface area contributed by atoms with Crippen molar-refractivity contribution in [2.75, 3.05) is 37.6 Å². The molecule has 1 aromatic heterocycles. The molecule has 0 unspecified atom stereocenters. The van der Waals surface area contributed by atoms with E-state index in [1.807, 2.05) is 0 Å². The summed E-state index contributed by atoms with van der Waals surface area (Å²) in [5.41, 5.74) is 0. The molecule has 98 valence electrons. The van der Waals surface area contributed by atoms with Gasteiger partial charge >= 0.3 is 0 Å². The lowest BCUT2D eigenvalue weighted by Crippen LogP contribution is -2.30. The lowest BCUT2D eigenvalue weighted by Gasteiger charge is -2.23. The molecule has 0 atom stereocenters. The van der Waals surface area contributed by atoms with Crippen molar-refractivity contribution in [3.8, 4) is 0 Å². The van der Waals surface area contributed by atoms with E-state index in [2.05, 4.69) is 39.3 Å². The zero-order valence-electron chi connectivity index (χ0n) is 10.8. The summed E-state index contributed by atoms with van der Waals surface area (Å²) in [5.74, 6) is 0.832. The molecule has 0 fully saturated rings. The molecule has 0 aliphatic heterocycles. The molecule has 0 saturated carbocycles. The average Bonchev–Trinajstić information content (AvgIpc) is 2.76. The third-order valence-electron chi connectivity index (χ3n) is 2.91. The molecule has 6 heteroatoms. The zero-order chi connectivity index (χ0) is 12.7. The Morgan fingerprint density at radius 1 is 1.06 bits per heavy atom. The summed E-state index contributed by atoms with van der Waals surface area (Å²) in [6.07, 6.45) is 1.13. The highest BCUT2D eigenvalue weighted by molar-refractivity contribution is 6.99. The first-order chi connectivity index (χ1) is 8.22. The van der Waals surface area contributed by atoms with Crippen LogP contribution in [0.4, 0.5) is 5.82 Å². The van der Waals surface area contributed by atoms with Crippen LogP contribution in [0.3, 0.4) is 0 Å². The fourth-order valence-corrected chi connectivity index (χ4v) is 2.58. The Hall–Kier alpha value is -0.390. The molecule has 1 heterocycles. The number of anilines is 1. The Balaban J connectivity index is 2.41. The smallest absolute Gasteiger partial charge is 0.187 e. The van der Waals surface area contributed by atoms with Gasteiger partial charge in [0.1, 0.15) is 0 Å². The molecule has 0 spiro atoms. The SMILES string of the molecule is CCN(CC)CCCN(CC)c1nsnc1Cl. The standard InChI is InChI=1S/C11H21ClN4S/c1-4-15(5-2)8-7-9-16(6-3)11-10(12)13-17-14-11/h4-9H2,1-3H3. The van der Waals surface area contributed by atoms with E-state index >= 15 is 0 Å². The maximum atomic E-state index is 5.99.